The van der Waals surface area contributed by atoms with Crippen molar-refractivity contribution in [1.29, 1.82) is 0 Å². The monoisotopic (exact) mass is 372 g/mol. The van der Waals surface area contributed by atoms with Gasteiger partial charge in [-0.05, 0) is 30.5 Å². The third-order valence-corrected chi connectivity index (χ3v) is 3.91. The van der Waals surface area contributed by atoms with Crippen LogP contribution in [0.15, 0.2) is 47.1 Å². The lowest BCUT2D eigenvalue weighted by Gasteiger charge is -2.20. The highest BCUT2D eigenvalue weighted by atomic mass is 16.5. The van der Waals surface area contributed by atoms with Crippen molar-refractivity contribution in [3.05, 3.63) is 59.5 Å². The number of rotatable bonds is 8. The lowest BCUT2D eigenvalue weighted by Crippen LogP contribution is -2.46. The van der Waals surface area contributed by atoms with E-state index in [0.29, 0.717) is 6.54 Å². The Bertz CT molecular complexity index is 766. The van der Waals surface area contributed by atoms with E-state index in [1.165, 1.54) is 12.3 Å². The van der Waals surface area contributed by atoms with E-state index >= 15 is 0 Å². The number of carbonyl (C=O) groups excluding carboxylic acids is 3. The summed E-state index contributed by atoms with van der Waals surface area (Å²) in [4.78, 5) is 36.2. The number of carbonyl (C=O) groups is 3. The molecule has 1 unspecified atom stereocenters. The molecule has 144 valence electrons. The van der Waals surface area contributed by atoms with Crippen molar-refractivity contribution in [1.82, 2.24) is 10.6 Å². The number of ether oxygens (including phenoxy) is 1. The van der Waals surface area contributed by atoms with Crippen LogP contribution in [0.5, 0.6) is 0 Å². The van der Waals surface area contributed by atoms with Gasteiger partial charge in [0, 0.05) is 6.54 Å². The summed E-state index contributed by atoms with van der Waals surface area (Å²) in [7, 11) is 0. The molecule has 7 nitrogen and oxygen atoms in total. The highest BCUT2D eigenvalue weighted by molar-refractivity contribution is 5.94. The predicted molar refractivity (Wildman–Crippen MR) is 98.8 cm³/mol. The SMILES string of the molecule is Cc1ccc(CNC(=O)COC(=O)C(NC(=O)c2ccco2)C(C)C)cc1. The Kier molecular flexibility index (Phi) is 7.16. The van der Waals surface area contributed by atoms with Gasteiger partial charge in [-0.25, -0.2) is 4.79 Å². The average molecular weight is 372 g/mol. The second-order valence-electron chi connectivity index (χ2n) is 6.54. The molecule has 0 aliphatic rings. The molecular formula is C20H24N2O5. The van der Waals surface area contributed by atoms with Gasteiger partial charge in [0.2, 0.25) is 0 Å². The zero-order valence-electron chi connectivity index (χ0n) is 15.7. The number of aryl methyl sites for hydroxylation is 1. The lowest BCUT2D eigenvalue weighted by molar-refractivity contribution is -0.151. The van der Waals surface area contributed by atoms with E-state index in [9.17, 15) is 14.4 Å². The van der Waals surface area contributed by atoms with Crippen LogP contribution >= 0.6 is 0 Å². The molecule has 0 aliphatic carbocycles. The Morgan fingerprint density at radius 2 is 1.81 bits per heavy atom. The molecule has 0 saturated heterocycles. The van der Waals surface area contributed by atoms with Crippen LogP contribution in [-0.2, 0) is 20.9 Å². The minimum Gasteiger partial charge on any atom is -0.459 e. The molecular weight excluding hydrogens is 348 g/mol. The maximum absolute atomic E-state index is 12.3. The molecule has 1 aromatic carbocycles. The second-order valence-corrected chi connectivity index (χ2v) is 6.54. The van der Waals surface area contributed by atoms with E-state index < -0.39 is 30.4 Å². The minimum atomic E-state index is -0.882. The lowest BCUT2D eigenvalue weighted by atomic mass is 10.0. The van der Waals surface area contributed by atoms with Crippen molar-refractivity contribution in [2.45, 2.75) is 33.4 Å². The topological polar surface area (TPSA) is 97.6 Å². The summed E-state index contributed by atoms with van der Waals surface area (Å²) < 4.78 is 10.1. The first kappa shape index (κ1) is 20.2. The summed E-state index contributed by atoms with van der Waals surface area (Å²) in [6, 6.07) is 9.94. The zero-order chi connectivity index (χ0) is 19.8. The second kappa shape index (κ2) is 9.56. The summed E-state index contributed by atoms with van der Waals surface area (Å²) in [6.45, 7) is 5.46. The van der Waals surface area contributed by atoms with Crippen molar-refractivity contribution in [3.8, 4) is 0 Å². The molecule has 0 fully saturated rings. The summed E-state index contributed by atoms with van der Waals surface area (Å²) in [5, 5.41) is 5.25. The van der Waals surface area contributed by atoms with Crippen LogP contribution in [0.25, 0.3) is 0 Å². The van der Waals surface area contributed by atoms with E-state index in [-0.39, 0.29) is 11.7 Å². The van der Waals surface area contributed by atoms with Gasteiger partial charge in [-0.3, -0.25) is 9.59 Å². The third kappa shape index (κ3) is 6.29. The number of hydrogen-bond acceptors (Lipinski definition) is 5. The molecule has 27 heavy (non-hydrogen) atoms. The summed E-state index contributed by atoms with van der Waals surface area (Å²) in [5.74, 6) is -1.71. The molecule has 2 N–H and O–H groups in total. The Labute approximate surface area is 158 Å². The fourth-order valence-electron chi connectivity index (χ4n) is 2.30. The number of esters is 1. The highest BCUT2D eigenvalue weighted by Crippen LogP contribution is 2.07. The predicted octanol–water partition coefficient (Wildman–Crippen LogP) is 2.20. The van der Waals surface area contributed by atoms with Crippen molar-refractivity contribution < 1.29 is 23.5 Å². The summed E-state index contributed by atoms with van der Waals surface area (Å²) in [5.41, 5.74) is 2.08. The zero-order valence-corrected chi connectivity index (χ0v) is 15.7. The molecule has 0 saturated carbocycles. The number of benzene rings is 1. The molecule has 2 amide bonds. The molecule has 0 spiro atoms. The molecule has 2 rings (SSSR count). The molecule has 2 aromatic rings. The molecule has 1 heterocycles. The van der Waals surface area contributed by atoms with Crippen molar-refractivity contribution in [2.24, 2.45) is 5.92 Å². The Balaban J connectivity index is 1.81. The van der Waals surface area contributed by atoms with Crippen LogP contribution in [0, 0.1) is 12.8 Å². The Morgan fingerprint density at radius 3 is 2.41 bits per heavy atom. The highest BCUT2D eigenvalue weighted by Gasteiger charge is 2.27. The van der Waals surface area contributed by atoms with Gasteiger partial charge in [0.15, 0.2) is 12.4 Å². The fraction of sp³-hybridized carbons (Fsp3) is 0.350. The largest absolute Gasteiger partial charge is 0.459 e. The van der Waals surface area contributed by atoms with Gasteiger partial charge in [0.05, 0.1) is 6.26 Å². The maximum Gasteiger partial charge on any atom is 0.329 e. The van der Waals surface area contributed by atoms with Crippen LogP contribution in [-0.4, -0.2) is 30.4 Å². The van der Waals surface area contributed by atoms with Crippen LogP contribution < -0.4 is 10.6 Å². The number of nitrogens with one attached hydrogen (secondary N) is 2. The standard InChI is InChI=1S/C20H24N2O5/c1-13(2)18(22-19(24)16-5-4-10-26-16)20(25)27-12-17(23)21-11-15-8-6-14(3)7-9-15/h4-10,13,18H,11-12H2,1-3H3,(H,21,23)(H,22,24). The maximum atomic E-state index is 12.3. The van der Waals surface area contributed by atoms with E-state index in [4.69, 9.17) is 9.15 Å². The van der Waals surface area contributed by atoms with Crippen molar-refractivity contribution in [3.63, 3.8) is 0 Å². The van der Waals surface area contributed by atoms with E-state index in [1.807, 2.05) is 31.2 Å². The first-order chi connectivity index (χ1) is 12.9. The van der Waals surface area contributed by atoms with E-state index in [0.717, 1.165) is 11.1 Å². The smallest absolute Gasteiger partial charge is 0.329 e. The van der Waals surface area contributed by atoms with Crippen LogP contribution in [0.1, 0.15) is 35.5 Å². The van der Waals surface area contributed by atoms with Crippen LogP contribution in [0.4, 0.5) is 0 Å². The van der Waals surface area contributed by atoms with Crippen LogP contribution in [0.2, 0.25) is 0 Å². The normalized spacial score (nSPS) is 11.7. The first-order valence-corrected chi connectivity index (χ1v) is 8.70. The van der Waals surface area contributed by atoms with Gasteiger partial charge in [0.25, 0.3) is 11.8 Å². The van der Waals surface area contributed by atoms with Gasteiger partial charge in [-0.15, -0.1) is 0 Å². The van der Waals surface area contributed by atoms with Gasteiger partial charge in [-0.2, -0.15) is 0 Å². The Hall–Kier alpha value is -3.09. The van der Waals surface area contributed by atoms with Crippen LogP contribution in [0.3, 0.4) is 0 Å². The van der Waals surface area contributed by atoms with Crippen molar-refractivity contribution >= 4 is 17.8 Å². The molecule has 0 radical (unpaired) electrons. The number of hydrogen-bond donors (Lipinski definition) is 2. The molecule has 1 aromatic heterocycles. The first-order valence-electron chi connectivity index (χ1n) is 8.70. The van der Waals surface area contributed by atoms with Gasteiger partial charge in [-0.1, -0.05) is 43.7 Å². The van der Waals surface area contributed by atoms with Gasteiger partial charge < -0.3 is 19.8 Å². The third-order valence-electron chi connectivity index (χ3n) is 3.91. The quantitative estimate of drug-likeness (QED) is 0.693. The van der Waals surface area contributed by atoms with Gasteiger partial charge >= 0.3 is 5.97 Å². The molecule has 1 atom stereocenters. The fourth-order valence-corrected chi connectivity index (χ4v) is 2.30. The number of amides is 2. The molecule has 7 heteroatoms. The van der Waals surface area contributed by atoms with Gasteiger partial charge in [0.1, 0.15) is 6.04 Å². The summed E-state index contributed by atoms with van der Waals surface area (Å²) >= 11 is 0. The summed E-state index contributed by atoms with van der Waals surface area (Å²) in [6.07, 6.45) is 1.37. The minimum absolute atomic E-state index is 0.101. The Morgan fingerprint density at radius 1 is 1.11 bits per heavy atom. The van der Waals surface area contributed by atoms with E-state index in [1.54, 1.807) is 19.9 Å². The average Bonchev–Trinajstić information content (AvgIpc) is 3.18. The van der Waals surface area contributed by atoms with Crippen molar-refractivity contribution in [2.75, 3.05) is 6.61 Å². The molecule has 0 aliphatic heterocycles. The van der Waals surface area contributed by atoms with E-state index in [2.05, 4.69) is 10.6 Å². The molecule has 0 bridgehead atoms. The number of furan rings is 1.